The smallest absolute Gasteiger partial charge is 0.417 e. The fourth-order valence-electron chi connectivity index (χ4n) is 1.36. The minimum Gasteiger partial charge on any atom is -0.478 e. The molecule has 1 aromatic rings. The molecule has 0 aromatic heterocycles. The summed E-state index contributed by atoms with van der Waals surface area (Å²) in [5.41, 5.74) is -0.232. The highest BCUT2D eigenvalue weighted by Gasteiger charge is 2.33. The van der Waals surface area contributed by atoms with E-state index in [2.05, 4.69) is 5.32 Å². The highest BCUT2D eigenvalue weighted by molar-refractivity contribution is 6.31. The largest absolute Gasteiger partial charge is 0.478 e. The number of alkyl halides is 3. The van der Waals surface area contributed by atoms with Crippen LogP contribution < -0.4 is 5.32 Å². The van der Waals surface area contributed by atoms with E-state index in [9.17, 15) is 18.0 Å². The van der Waals surface area contributed by atoms with Gasteiger partial charge in [0.1, 0.15) is 0 Å². The molecule has 1 aromatic carbocycles. The molecule has 104 valence electrons. The molecule has 0 aliphatic heterocycles. The van der Waals surface area contributed by atoms with Gasteiger partial charge in [-0.3, -0.25) is 0 Å². The van der Waals surface area contributed by atoms with Gasteiger partial charge >= 0.3 is 12.1 Å². The van der Waals surface area contributed by atoms with E-state index >= 15 is 0 Å². The van der Waals surface area contributed by atoms with Crippen molar-refractivity contribution >= 4 is 23.3 Å². The Kier molecular flexibility index (Phi) is 4.83. The lowest BCUT2D eigenvalue weighted by Crippen LogP contribution is -2.09. The van der Waals surface area contributed by atoms with Gasteiger partial charge in [-0.25, -0.2) is 4.79 Å². The lowest BCUT2D eigenvalue weighted by molar-refractivity contribution is -0.137. The number of carbonyl (C=O) groups is 1. The zero-order valence-electron chi connectivity index (χ0n) is 9.88. The number of hydrogen-bond acceptors (Lipinski definition) is 2. The Morgan fingerprint density at radius 1 is 1.47 bits per heavy atom. The summed E-state index contributed by atoms with van der Waals surface area (Å²) >= 11 is 5.48. The average molecular weight is 294 g/mol. The molecule has 0 saturated carbocycles. The van der Waals surface area contributed by atoms with Crippen molar-refractivity contribution in [1.82, 2.24) is 0 Å². The molecule has 2 N–H and O–H groups in total. The van der Waals surface area contributed by atoms with E-state index in [1.165, 1.54) is 6.07 Å². The maximum atomic E-state index is 12.6. The van der Waals surface area contributed by atoms with Crippen LogP contribution in [0.3, 0.4) is 0 Å². The Bertz CT molecular complexity index is 512. The van der Waals surface area contributed by atoms with Gasteiger partial charge in [-0.05, 0) is 30.7 Å². The van der Waals surface area contributed by atoms with Crippen LogP contribution in [-0.2, 0) is 11.0 Å². The number of benzene rings is 1. The van der Waals surface area contributed by atoms with Gasteiger partial charge < -0.3 is 10.4 Å². The van der Waals surface area contributed by atoms with E-state index in [1.807, 2.05) is 0 Å². The molecule has 0 bridgehead atoms. The number of anilines is 1. The Morgan fingerprint density at radius 2 is 2.11 bits per heavy atom. The highest BCUT2D eigenvalue weighted by atomic mass is 35.5. The van der Waals surface area contributed by atoms with Crippen LogP contribution in [0.1, 0.15) is 12.5 Å². The van der Waals surface area contributed by atoms with Crippen LogP contribution in [0.5, 0.6) is 0 Å². The molecule has 0 radical (unpaired) electrons. The van der Waals surface area contributed by atoms with Gasteiger partial charge in [0.2, 0.25) is 0 Å². The summed E-state index contributed by atoms with van der Waals surface area (Å²) in [6.45, 7) is 1.69. The van der Waals surface area contributed by atoms with Crippen molar-refractivity contribution in [3.05, 3.63) is 40.4 Å². The first-order chi connectivity index (χ1) is 8.70. The number of halogens is 4. The van der Waals surface area contributed by atoms with E-state index < -0.39 is 17.7 Å². The lowest BCUT2D eigenvalue weighted by atomic mass is 10.2. The molecular weight excluding hydrogens is 283 g/mol. The van der Waals surface area contributed by atoms with Crippen molar-refractivity contribution in [3.63, 3.8) is 0 Å². The van der Waals surface area contributed by atoms with Crippen molar-refractivity contribution in [1.29, 1.82) is 0 Å². The second-order valence-electron chi connectivity index (χ2n) is 3.87. The third-order valence-corrected chi connectivity index (χ3v) is 2.54. The number of carboxylic acid groups (broad SMARTS) is 1. The molecule has 0 amide bonds. The summed E-state index contributed by atoms with van der Waals surface area (Å²) in [7, 11) is 0. The van der Waals surface area contributed by atoms with Crippen molar-refractivity contribution < 1.29 is 23.1 Å². The summed E-state index contributed by atoms with van der Waals surface area (Å²) in [6.07, 6.45) is -3.55. The van der Waals surface area contributed by atoms with Crippen LogP contribution in [-0.4, -0.2) is 17.6 Å². The van der Waals surface area contributed by atoms with Gasteiger partial charge in [-0.1, -0.05) is 11.6 Å². The molecule has 0 heterocycles. The van der Waals surface area contributed by atoms with Gasteiger partial charge in [-0.2, -0.15) is 13.2 Å². The van der Waals surface area contributed by atoms with Crippen molar-refractivity contribution in [2.24, 2.45) is 0 Å². The number of rotatable bonds is 4. The molecule has 0 unspecified atom stereocenters. The Balaban J connectivity index is 2.84. The highest BCUT2D eigenvalue weighted by Crippen LogP contribution is 2.36. The SMILES string of the molecule is C/C(=C/C(=O)O)CNc1ccc(Cl)c(C(F)(F)F)c1. The van der Waals surface area contributed by atoms with E-state index in [0.717, 1.165) is 18.2 Å². The van der Waals surface area contributed by atoms with Gasteiger partial charge in [0.25, 0.3) is 0 Å². The Hall–Kier alpha value is -1.69. The summed E-state index contributed by atoms with van der Waals surface area (Å²) in [5.74, 6) is -1.11. The molecule has 0 atom stereocenters. The predicted octanol–water partition coefficient (Wildman–Crippen LogP) is 3.80. The molecule has 1 rings (SSSR count). The number of hydrogen-bond donors (Lipinski definition) is 2. The number of carboxylic acids is 1. The van der Waals surface area contributed by atoms with Gasteiger partial charge in [0.05, 0.1) is 10.6 Å². The first-order valence-corrected chi connectivity index (χ1v) is 5.58. The van der Waals surface area contributed by atoms with Gasteiger partial charge in [0, 0.05) is 18.3 Å². The normalized spacial score (nSPS) is 12.4. The van der Waals surface area contributed by atoms with Crippen LogP contribution in [0.2, 0.25) is 5.02 Å². The lowest BCUT2D eigenvalue weighted by Gasteiger charge is -2.12. The maximum absolute atomic E-state index is 12.6. The fraction of sp³-hybridized carbons (Fsp3) is 0.250. The predicted molar refractivity (Wildman–Crippen MR) is 66.3 cm³/mol. The van der Waals surface area contributed by atoms with Crippen LogP contribution in [0.4, 0.5) is 18.9 Å². The molecule has 0 spiro atoms. The van der Waals surface area contributed by atoms with Gasteiger partial charge in [-0.15, -0.1) is 0 Å². The van der Waals surface area contributed by atoms with E-state index in [-0.39, 0.29) is 17.3 Å². The molecule has 0 aliphatic carbocycles. The molecule has 0 fully saturated rings. The second-order valence-corrected chi connectivity index (χ2v) is 4.28. The topological polar surface area (TPSA) is 49.3 Å². The molecule has 3 nitrogen and oxygen atoms in total. The van der Waals surface area contributed by atoms with Crippen LogP contribution in [0.15, 0.2) is 29.8 Å². The number of aliphatic carboxylic acids is 1. The van der Waals surface area contributed by atoms with Crippen molar-refractivity contribution in [2.45, 2.75) is 13.1 Å². The standard InChI is InChI=1S/C12H11ClF3NO2/c1-7(4-11(18)19)6-17-8-2-3-10(13)9(5-8)12(14,15)16/h2-5,17H,6H2,1H3,(H,18,19)/b7-4-. The maximum Gasteiger partial charge on any atom is 0.417 e. The average Bonchev–Trinajstić information content (AvgIpc) is 2.25. The third kappa shape index (κ3) is 4.82. The van der Waals surface area contributed by atoms with Gasteiger partial charge in [0.15, 0.2) is 0 Å². The van der Waals surface area contributed by atoms with E-state index in [0.29, 0.717) is 5.57 Å². The minimum atomic E-state index is -4.53. The van der Waals surface area contributed by atoms with Crippen molar-refractivity contribution in [3.8, 4) is 0 Å². The Labute approximate surface area is 112 Å². The van der Waals surface area contributed by atoms with Crippen molar-refractivity contribution in [2.75, 3.05) is 11.9 Å². The zero-order chi connectivity index (χ0) is 14.6. The van der Waals surface area contributed by atoms with Crippen LogP contribution in [0, 0.1) is 0 Å². The molecule has 19 heavy (non-hydrogen) atoms. The Morgan fingerprint density at radius 3 is 2.63 bits per heavy atom. The van der Waals surface area contributed by atoms with Crippen LogP contribution >= 0.6 is 11.6 Å². The first kappa shape index (κ1) is 15.4. The molecule has 0 saturated heterocycles. The summed E-state index contributed by atoms with van der Waals surface area (Å²) in [6, 6.07) is 3.42. The number of nitrogens with one attached hydrogen (secondary N) is 1. The zero-order valence-corrected chi connectivity index (χ0v) is 10.6. The second kappa shape index (κ2) is 5.97. The first-order valence-electron chi connectivity index (χ1n) is 5.21. The van der Waals surface area contributed by atoms with E-state index in [1.54, 1.807) is 6.92 Å². The fourth-order valence-corrected chi connectivity index (χ4v) is 1.58. The molecule has 0 aliphatic rings. The molecular formula is C12H11ClF3NO2. The monoisotopic (exact) mass is 293 g/mol. The summed E-state index contributed by atoms with van der Waals surface area (Å²) in [4.78, 5) is 10.4. The quantitative estimate of drug-likeness (QED) is 0.830. The minimum absolute atomic E-state index is 0.130. The van der Waals surface area contributed by atoms with Crippen LogP contribution in [0.25, 0.3) is 0 Å². The summed E-state index contributed by atoms with van der Waals surface area (Å²) in [5, 5.41) is 10.8. The van der Waals surface area contributed by atoms with E-state index in [4.69, 9.17) is 16.7 Å². The third-order valence-electron chi connectivity index (χ3n) is 2.21. The summed E-state index contributed by atoms with van der Waals surface area (Å²) < 4.78 is 37.8. The molecule has 7 heteroatoms.